The van der Waals surface area contributed by atoms with Crippen LogP contribution < -0.4 is 14.4 Å². The second kappa shape index (κ2) is 8.47. The first kappa shape index (κ1) is 19.8. The Morgan fingerprint density at radius 2 is 1.43 bits per heavy atom. The van der Waals surface area contributed by atoms with Crippen molar-refractivity contribution in [2.24, 2.45) is 0 Å². The van der Waals surface area contributed by atoms with Gasteiger partial charge in [0.2, 0.25) is 0 Å². The highest BCUT2D eigenvalue weighted by Crippen LogP contribution is 2.42. The van der Waals surface area contributed by atoms with Crippen molar-refractivity contribution in [2.75, 3.05) is 19.1 Å². The summed E-state index contributed by atoms with van der Waals surface area (Å²) in [7, 11) is 3.13. The van der Waals surface area contributed by atoms with E-state index < -0.39 is 0 Å². The van der Waals surface area contributed by atoms with Crippen molar-refractivity contribution in [3.8, 4) is 11.5 Å². The standard InChI is InChI=1S/C24H19NO4S/c1-28-18-13-11-16(12-14-18)21-22(30-20-9-4-3-5-10-20)24(27)25(23(21)26)17-7-6-8-19(15-17)29-2/h3-15H,1-2H3. The summed E-state index contributed by atoms with van der Waals surface area (Å²) in [5.74, 6) is 0.533. The lowest BCUT2D eigenvalue weighted by Gasteiger charge is -2.16. The SMILES string of the molecule is COc1ccc(C2=C(Sc3ccccc3)C(=O)N(c3cccc(OC)c3)C2=O)cc1. The molecular formula is C24H19NO4S. The minimum atomic E-state index is -0.364. The third kappa shape index (κ3) is 3.69. The van der Waals surface area contributed by atoms with Gasteiger partial charge in [0, 0.05) is 11.0 Å². The van der Waals surface area contributed by atoms with E-state index in [-0.39, 0.29) is 11.8 Å². The highest BCUT2D eigenvalue weighted by Gasteiger charge is 2.40. The zero-order chi connectivity index (χ0) is 21.1. The largest absolute Gasteiger partial charge is 0.497 e. The Bertz CT molecular complexity index is 1120. The zero-order valence-electron chi connectivity index (χ0n) is 16.5. The van der Waals surface area contributed by atoms with Crippen LogP contribution in [-0.2, 0) is 9.59 Å². The van der Waals surface area contributed by atoms with Crippen molar-refractivity contribution in [3.05, 3.63) is 89.3 Å². The molecule has 0 spiro atoms. The number of hydrogen-bond acceptors (Lipinski definition) is 5. The van der Waals surface area contributed by atoms with Crippen LogP contribution in [0.3, 0.4) is 0 Å². The lowest BCUT2D eigenvalue weighted by atomic mass is 10.1. The summed E-state index contributed by atoms with van der Waals surface area (Å²) in [4.78, 5) is 29.3. The predicted octanol–water partition coefficient (Wildman–Crippen LogP) is 4.78. The third-order valence-electron chi connectivity index (χ3n) is 4.69. The van der Waals surface area contributed by atoms with E-state index in [0.29, 0.717) is 33.2 Å². The van der Waals surface area contributed by atoms with Crippen molar-refractivity contribution < 1.29 is 19.1 Å². The van der Waals surface area contributed by atoms with Crippen LogP contribution in [0.25, 0.3) is 5.57 Å². The summed E-state index contributed by atoms with van der Waals surface area (Å²) in [6, 6.07) is 23.6. The van der Waals surface area contributed by atoms with Crippen LogP contribution in [0.4, 0.5) is 5.69 Å². The Labute approximate surface area is 178 Å². The number of nitrogens with zero attached hydrogens (tertiary/aromatic N) is 1. The summed E-state index contributed by atoms with van der Waals surface area (Å²) in [5.41, 5.74) is 1.51. The van der Waals surface area contributed by atoms with Gasteiger partial charge in [-0.3, -0.25) is 9.59 Å². The molecule has 4 rings (SSSR count). The summed E-state index contributed by atoms with van der Waals surface area (Å²) >= 11 is 1.29. The Morgan fingerprint density at radius 1 is 0.733 bits per heavy atom. The van der Waals surface area contributed by atoms with Crippen LogP contribution in [0, 0.1) is 0 Å². The van der Waals surface area contributed by atoms with Gasteiger partial charge in [-0.1, -0.05) is 48.2 Å². The Kier molecular flexibility index (Phi) is 5.59. The molecule has 0 unspecified atom stereocenters. The quantitative estimate of drug-likeness (QED) is 0.540. The second-order valence-corrected chi connectivity index (χ2v) is 7.58. The Hall–Kier alpha value is -3.51. The van der Waals surface area contributed by atoms with E-state index >= 15 is 0 Å². The van der Waals surface area contributed by atoms with E-state index in [2.05, 4.69) is 0 Å². The molecule has 3 aromatic carbocycles. The molecule has 30 heavy (non-hydrogen) atoms. The number of anilines is 1. The first-order chi connectivity index (χ1) is 14.6. The highest BCUT2D eigenvalue weighted by molar-refractivity contribution is 8.04. The van der Waals surface area contributed by atoms with Gasteiger partial charge in [0.05, 0.1) is 30.4 Å². The molecule has 0 atom stereocenters. The fraction of sp³-hybridized carbons (Fsp3) is 0.0833. The smallest absolute Gasteiger partial charge is 0.272 e. The highest BCUT2D eigenvalue weighted by atomic mass is 32.2. The Morgan fingerprint density at radius 3 is 2.10 bits per heavy atom. The maximum absolute atomic E-state index is 13.4. The van der Waals surface area contributed by atoms with Gasteiger partial charge in [0.25, 0.3) is 11.8 Å². The monoisotopic (exact) mass is 417 g/mol. The van der Waals surface area contributed by atoms with Crippen molar-refractivity contribution in [1.82, 2.24) is 0 Å². The molecule has 0 saturated carbocycles. The minimum Gasteiger partial charge on any atom is -0.497 e. The van der Waals surface area contributed by atoms with Crippen molar-refractivity contribution in [3.63, 3.8) is 0 Å². The van der Waals surface area contributed by atoms with Crippen LogP contribution in [0.1, 0.15) is 5.56 Å². The van der Waals surface area contributed by atoms with Crippen LogP contribution in [-0.4, -0.2) is 26.0 Å². The molecular weight excluding hydrogens is 398 g/mol. The van der Waals surface area contributed by atoms with Crippen LogP contribution in [0.15, 0.2) is 88.7 Å². The Balaban J connectivity index is 1.81. The van der Waals surface area contributed by atoms with Gasteiger partial charge in [0.1, 0.15) is 11.5 Å². The minimum absolute atomic E-state index is 0.354. The van der Waals surface area contributed by atoms with Gasteiger partial charge in [0.15, 0.2) is 0 Å². The van der Waals surface area contributed by atoms with Crippen molar-refractivity contribution in [1.29, 1.82) is 0 Å². The number of methoxy groups -OCH3 is 2. The van der Waals surface area contributed by atoms with Gasteiger partial charge in [-0.05, 0) is 42.0 Å². The third-order valence-corrected chi connectivity index (χ3v) is 5.79. The van der Waals surface area contributed by atoms with Gasteiger partial charge >= 0.3 is 0 Å². The number of carbonyl (C=O) groups excluding carboxylic acids is 2. The van der Waals surface area contributed by atoms with E-state index in [4.69, 9.17) is 9.47 Å². The molecule has 0 N–H and O–H groups in total. The molecule has 0 radical (unpaired) electrons. The normalized spacial score (nSPS) is 13.7. The molecule has 0 aliphatic carbocycles. The average Bonchev–Trinajstić information content (AvgIpc) is 3.04. The molecule has 3 aromatic rings. The van der Waals surface area contributed by atoms with E-state index in [1.807, 2.05) is 30.3 Å². The zero-order valence-corrected chi connectivity index (χ0v) is 17.3. The van der Waals surface area contributed by atoms with E-state index in [0.717, 1.165) is 4.90 Å². The molecule has 0 bridgehead atoms. The van der Waals surface area contributed by atoms with Crippen LogP contribution in [0.5, 0.6) is 11.5 Å². The molecule has 0 saturated heterocycles. The maximum Gasteiger partial charge on any atom is 0.272 e. The van der Waals surface area contributed by atoms with Crippen LogP contribution >= 0.6 is 11.8 Å². The fourth-order valence-electron chi connectivity index (χ4n) is 3.21. The van der Waals surface area contributed by atoms with Gasteiger partial charge < -0.3 is 9.47 Å². The lowest BCUT2D eigenvalue weighted by molar-refractivity contribution is -0.119. The topological polar surface area (TPSA) is 55.8 Å². The lowest BCUT2D eigenvalue weighted by Crippen LogP contribution is -2.31. The number of imide groups is 1. The first-order valence-corrected chi connectivity index (χ1v) is 10.1. The number of benzene rings is 3. The number of hydrogen-bond donors (Lipinski definition) is 0. The fourth-order valence-corrected chi connectivity index (χ4v) is 4.22. The molecule has 150 valence electrons. The molecule has 1 aliphatic heterocycles. The van der Waals surface area contributed by atoms with Gasteiger partial charge in [-0.15, -0.1) is 0 Å². The second-order valence-electron chi connectivity index (χ2n) is 6.49. The van der Waals surface area contributed by atoms with Gasteiger partial charge in [-0.25, -0.2) is 4.90 Å². The summed E-state index contributed by atoms with van der Waals surface area (Å²) in [5, 5.41) is 0. The van der Waals surface area contributed by atoms with Gasteiger partial charge in [-0.2, -0.15) is 0 Å². The van der Waals surface area contributed by atoms with Crippen LogP contribution in [0.2, 0.25) is 0 Å². The molecule has 1 aliphatic rings. The number of rotatable bonds is 6. The van der Waals surface area contributed by atoms with E-state index in [9.17, 15) is 9.59 Å². The predicted molar refractivity (Wildman–Crippen MR) is 118 cm³/mol. The average molecular weight is 417 g/mol. The maximum atomic E-state index is 13.4. The summed E-state index contributed by atoms with van der Waals surface area (Å²) in [6.07, 6.45) is 0. The molecule has 0 fully saturated rings. The molecule has 0 aromatic heterocycles. The number of amides is 2. The van der Waals surface area contributed by atoms with E-state index in [1.54, 1.807) is 62.8 Å². The number of thioether (sulfide) groups is 1. The van der Waals surface area contributed by atoms with Crippen molar-refractivity contribution >= 4 is 34.8 Å². The molecule has 5 nitrogen and oxygen atoms in total. The van der Waals surface area contributed by atoms with E-state index in [1.165, 1.54) is 16.7 Å². The summed E-state index contributed by atoms with van der Waals surface area (Å²) < 4.78 is 10.5. The number of ether oxygens (including phenoxy) is 2. The number of carbonyl (C=O) groups is 2. The molecule has 2 amide bonds. The molecule has 1 heterocycles. The first-order valence-electron chi connectivity index (χ1n) is 9.27. The molecule has 6 heteroatoms. The summed E-state index contributed by atoms with van der Waals surface area (Å²) in [6.45, 7) is 0. The van der Waals surface area contributed by atoms with Crippen molar-refractivity contribution in [2.45, 2.75) is 4.90 Å².